The average Bonchev–Trinajstić information content (AvgIpc) is 3.01. The molecule has 0 amide bonds. The van der Waals surface area contributed by atoms with Crippen LogP contribution in [0.3, 0.4) is 0 Å². The number of alkyl halides is 3. The minimum atomic E-state index is -5.01. The van der Waals surface area contributed by atoms with Crippen molar-refractivity contribution in [1.82, 2.24) is 0 Å². The molecule has 0 fully saturated rings. The van der Waals surface area contributed by atoms with Gasteiger partial charge in [0.15, 0.2) is 11.2 Å². The summed E-state index contributed by atoms with van der Waals surface area (Å²) in [7, 11) is 0. The molecule has 2 rings (SSSR count). The van der Waals surface area contributed by atoms with Crippen molar-refractivity contribution in [2.75, 3.05) is 13.2 Å². The first kappa shape index (κ1) is 23.1. The van der Waals surface area contributed by atoms with Gasteiger partial charge in [0.25, 0.3) is 0 Å². The maximum absolute atomic E-state index is 14.3. The molecule has 1 aliphatic rings. The molecule has 2 atom stereocenters. The van der Waals surface area contributed by atoms with Crippen LogP contribution in [0.5, 0.6) is 0 Å². The Labute approximate surface area is 174 Å². The first-order chi connectivity index (χ1) is 13.5. The number of allylic oxidation sites excluding steroid dienone is 1. The summed E-state index contributed by atoms with van der Waals surface area (Å²) >= 11 is 3.21. The summed E-state index contributed by atoms with van der Waals surface area (Å²) < 4.78 is 53.3. The molecule has 0 unspecified atom stereocenters. The molecular weight excluding hydrogens is 457 g/mol. The molecule has 29 heavy (non-hydrogen) atoms. The highest BCUT2D eigenvalue weighted by Crippen LogP contribution is 2.58. The number of halogens is 4. The Kier molecular flexibility index (Phi) is 6.93. The van der Waals surface area contributed by atoms with Gasteiger partial charge in [-0.2, -0.15) is 13.2 Å². The number of carbonyl (C=O) groups excluding carboxylic acids is 3. The number of esters is 2. The largest absolute Gasteiger partial charge is 0.465 e. The van der Waals surface area contributed by atoms with Gasteiger partial charge in [-0.05, 0) is 44.5 Å². The second-order valence-corrected chi connectivity index (χ2v) is 7.43. The van der Waals surface area contributed by atoms with Gasteiger partial charge >= 0.3 is 18.1 Å². The zero-order valence-corrected chi connectivity index (χ0v) is 17.6. The predicted molar refractivity (Wildman–Crippen MR) is 101 cm³/mol. The molecule has 9 heteroatoms. The van der Waals surface area contributed by atoms with Crippen LogP contribution in [0.4, 0.5) is 13.2 Å². The molecule has 0 saturated carbocycles. The van der Waals surface area contributed by atoms with Crippen LogP contribution < -0.4 is 0 Å². The summed E-state index contributed by atoms with van der Waals surface area (Å²) in [6.45, 7) is 3.44. The Balaban J connectivity index is 2.83. The Bertz CT molecular complexity index is 812. The van der Waals surface area contributed by atoms with E-state index in [9.17, 15) is 27.6 Å². The van der Waals surface area contributed by atoms with Crippen molar-refractivity contribution in [3.05, 3.63) is 46.0 Å². The fourth-order valence-electron chi connectivity index (χ4n) is 3.63. The highest BCUT2D eigenvalue weighted by molar-refractivity contribution is 9.10. The fourth-order valence-corrected chi connectivity index (χ4v) is 3.90. The molecule has 5 nitrogen and oxygen atoms in total. The van der Waals surface area contributed by atoms with E-state index in [1.54, 1.807) is 0 Å². The molecule has 0 N–H and O–H groups in total. The molecule has 1 aliphatic carbocycles. The van der Waals surface area contributed by atoms with E-state index in [-0.39, 0.29) is 24.4 Å². The van der Waals surface area contributed by atoms with Crippen LogP contribution in [0.2, 0.25) is 0 Å². The highest BCUT2D eigenvalue weighted by Gasteiger charge is 2.69. The standard InChI is InChI=1S/C20H20BrF3O5/c1-4-28-17(26)19(18(27)29-5-2)10-14(11(3)25)15(16(19)20(22,23)24)12-6-8-13(21)9-7-12/h6-10,15-16H,4-5H2,1-3H3/t15-,16+/m0/s1. The molecular formula is C20H20BrF3O5. The van der Waals surface area contributed by atoms with Crippen LogP contribution in [0.1, 0.15) is 32.3 Å². The first-order valence-electron chi connectivity index (χ1n) is 8.90. The van der Waals surface area contributed by atoms with Crippen LogP contribution in [-0.4, -0.2) is 37.1 Å². The summed E-state index contributed by atoms with van der Waals surface area (Å²) in [6, 6.07) is 5.87. The van der Waals surface area contributed by atoms with Crippen molar-refractivity contribution in [2.24, 2.45) is 11.3 Å². The Morgan fingerprint density at radius 1 is 1.03 bits per heavy atom. The maximum atomic E-state index is 14.3. The predicted octanol–water partition coefficient (Wildman–Crippen LogP) is 4.35. The number of ketones is 1. The zero-order chi connectivity index (χ0) is 22.0. The average molecular weight is 477 g/mol. The number of ether oxygens (including phenoxy) is 2. The lowest BCUT2D eigenvalue weighted by molar-refractivity contribution is -0.217. The van der Waals surface area contributed by atoms with E-state index in [0.717, 1.165) is 13.0 Å². The van der Waals surface area contributed by atoms with Gasteiger partial charge in [0, 0.05) is 16.0 Å². The molecule has 1 aromatic rings. The molecule has 1 aromatic carbocycles. The minimum absolute atomic E-state index is 0.146. The Hall–Kier alpha value is -2.16. The lowest BCUT2D eigenvalue weighted by Gasteiger charge is -2.34. The first-order valence-corrected chi connectivity index (χ1v) is 9.70. The number of hydrogen-bond donors (Lipinski definition) is 0. The Morgan fingerprint density at radius 2 is 1.52 bits per heavy atom. The SMILES string of the molecule is CCOC(=O)C1(C(=O)OCC)C=C(C(C)=O)[C@H](c2ccc(Br)cc2)[C@H]1C(F)(F)F. The molecule has 0 spiro atoms. The van der Waals surface area contributed by atoms with E-state index in [4.69, 9.17) is 9.47 Å². The van der Waals surface area contributed by atoms with Crippen LogP contribution in [0.25, 0.3) is 0 Å². The van der Waals surface area contributed by atoms with E-state index in [1.807, 2.05) is 0 Å². The van der Waals surface area contributed by atoms with Crippen molar-refractivity contribution in [2.45, 2.75) is 32.9 Å². The molecule has 158 valence electrons. The monoisotopic (exact) mass is 476 g/mol. The quantitative estimate of drug-likeness (QED) is 0.450. The van der Waals surface area contributed by atoms with Crippen molar-refractivity contribution < 1.29 is 37.0 Å². The van der Waals surface area contributed by atoms with Gasteiger partial charge < -0.3 is 9.47 Å². The zero-order valence-electron chi connectivity index (χ0n) is 16.0. The summed E-state index contributed by atoms with van der Waals surface area (Å²) in [5.74, 6) is -7.57. The number of rotatable bonds is 6. The van der Waals surface area contributed by atoms with Gasteiger partial charge in [-0.1, -0.05) is 28.1 Å². The van der Waals surface area contributed by atoms with Gasteiger partial charge in [0.1, 0.15) is 0 Å². The van der Waals surface area contributed by atoms with Crippen molar-refractivity contribution in [1.29, 1.82) is 0 Å². The number of benzene rings is 1. The Morgan fingerprint density at radius 3 is 1.90 bits per heavy atom. The summed E-state index contributed by atoms with van der Waals surface area (Å²) in [6.07, 6.45) is -4.22. The maximum Gasteiger partial charge on any atom is 0.394 e. The third kappa shape index (κ3) is 4.24. The van der Waals surface area contributed by atoms with E-state index >= 15 is 0 Å². The number of Topliss-reactive ketones (excluding diaryl/α,β-unsaturated/α-hetero) is 1. The summed E-state index contributed by atoms with van der Waals surface area (Å²) in [5, 5.41) is 0. The van der Waals surface area contributed by atoms with Crippen LogP contribution >= 0.6 is 15.9 Å². The third-order valence-corrected chi connectivity index (χ3v) is 5.29. The van der Waals surface area contributed by atoms with Gasteiger partial charge in [-0.15, -0.1) is 0 Å². The van der Waals surface area contributed by atoms with Crippen molar-refractivity contribution in [3.8, 4) is 0 Å². The second-order valence-electron chi connectivity index (χ2n) is 6.51. The van der Waals surface area contributed by atoms with Gasteiger partial charge in [-0.25, -0.2) is 0 Å². The van der Waals surface area contributed by atoms with Gasteiger partial charge in [-0.3, -0.25) is 14.4 Å². The smallest absolute Gasteiger partial charge is 0.394 e. The van der Waals surface area contributed by atoms with E-state index in [0.29, 0.717) is 4.47 Å². The topological polar surface area (TPSA) is 69.7 Å². The van der Waals surface area contributed by atoms with Crippen LogP contribution in [0.15, 0.2) is 40.4 Å². The van der Waals surface area contributed by atoms with Crippen LogP contribution in [-0.2, 0) is 23.9 Å². The summed E-state index contributed by atoms with van der Waals surface area (Å²) in [5.41, 5.74) is -2.94. The van der Waals surface area contributed by atoms with Crippen molar-refractivity contribution in [3.63, 3.8) is 0 Å². The molecule has 0 heterocycles. The molecule has 0 radical (unpaired) electrons. The minimum Gasteiger partial charge on any atom is -0.465 e. The van der Waals surface area contributed by atoms with Crippen molar-refractivity contribution >= 4 is 33.7 Å². The summed E-state index contributed by atoms with van der Waals surface area (Å²) in [4.78, 5) is 37.8. The van der Waals surface area contributed by atoms with Gasteiger partial charge in [0.05, 0.1) is 19.1 Å². The normalized spacial score (nSPS) is 20.7. The van der Waals surface area contributed by atoms with E-state index in [2.05, 4.69) is 15.9 Å². The number of hydrogen-bond acceptors (Lipinski definition) is 5. The molecule has 0 aromatic heterocycles. The molecule has 0 bridgehead atoms. The van der Waals surface area contributed by atoms with E-state index in [1.165, 1.54) is 38.1 Å². The highest BCUT2D eigenvalue weighted by atomic mass is 79.9. The second kappa shape index (κ2) is 8.69. The molecule has 0 aliphatic heterocycles. The number of carbonyl (C=O) groups is 3. The van der Waals surface area contributed by atoms with Gasteiger partial charge in [0.2, 0.25) is 0 Å². The van der Waals surface area contributed by atoms with Crippen LogP contribution in [0, 0.1) is 11.3 Å². The lowest BCUT2D eigenvalue weighted by Crippen LogP contribution is -2.51. The fraction of sp³-hybridized carbons (Fsp3) is 0.450. The lowest BCUT2D eigenvalue weighted by atomic mass is 9.71. The molecule has 0 saturated heterocycles. The van der Waals surface area contributed by atoms with E-state index < -0.39 is 41.1 Å². The third-order valence-electron chi connectivity index (χ3n) is 4.76.